The summed E-state index contributed by atoms with van der Waals surface area (Å²) in [4.78, 5) is 14.2. The maximum absolute atomic E-state index is 14.2. The molecule has 5 saturated carbocycles. The highest BCUT2D eigenvalue weighted by Gasteiger charge is 2.69. The number of rotatable bonds is 5. The third kappa shape index (κ3) is 4.80. The minimum Gasteiger partial charge on any atom is -0.393 e. The molecule has 0 aromatic carbocycles. The number of hydrogen-bond acceptors (Lipinski definition) is 3. The van der Waals surface area contributed by atoms with E-state index in [0.717, 1.165) is 54.8 Å². The van der Waals surface area contributed by atoms with E-state index in [1.54, 1.807) is 0 Å². The second-order valence-corrected chi connectivity index (χ2v) is 16.9. The van der Waals surface area contributed by atoms with Crippen molar-refractivity contribution in [2.24, 2.45) is 75.4 Å². The minimum atomic E-state index is -0.534. The Morgan fingerprint density at radius 3 is 2.18 bits per heavy atom. The van der Waals surface area contributed by atoms with Gasteiger partial charge >= 0.3 is 0 Å². The number of fused-ring (bicyclic) bond motifs is 3. The zero-order valence-corrected chi connectivity index (χ0v) is 26.7. The average Bonchev–Trinajstić information content (AvgIpc) is 2.85. The van der Waals surface area contributed by atoms with Gasteiger partial charge < -0.3 is 10.2 Å². The van der Waals surface area contributed by atoms with E-state index < -0.39 is 6.10 Å². The third-order valence-electron chi connectivity index (χ3n) is 14.8. The topological polar surface area (TPSA) is 57.5 Å². The maximum atomic E-state index is 14.2. The molecule has 3 heteroatoms. The summed E-state index contributed by atoms with van der Waals surface area (Å²) in [6.45, 7) is 18.8. The van der Waals surface area contributed by atoms with Crippen LogP contribution in [-0.4, -0.2) is 28.2 Å². The summed E-state index contributed by atoms with van der Waals surface area (Å²) >= 11 is 0. The Balaban J connectivity index is 1.40. The molecule has 2 N–H and O–H groups in total. The first-order valence-electron chi connectivity index (χ1n) is 17.1. The molecule has 13 unspecified atom stereocenters. The molecule has 13 atom stereocenters. The standard InChI is InChI=1S/C36H62O3/c1-21-9-16-29(27-14-12-26(13-15-27)11-10-22(2)37)30-19-34(6)20-35(7)18-17-28(25(5)38)33(39)36(35,8)24(4)32(34)23(3)31(21)30/h21-32,37-38H,9-20H2,1-8H3. The molecule has 0 spiro atoms. The molecule has 0 saturated heterocycles. The Kier molecular flexibility index (Phi) is 8.25. The lowest BCUT2D eigenvalue weighted by molar-refractivity contribution is -0.218. The van der Waals surface area contributed by atoms with E-state index in [1.165, 1.54) is 57.8 Å². The van der Waals surface area contributed by atoms with Crippen LogP contribution in [0.25, 0.3) is 0 Å². The zero-order valence-electron chi connectivity index (χ0n) is 26.7. The van der Waals surface area contributed by atoms with Gasteiger partial charge in [-0.3, -0.25) is 4.79 Å². The molecular weight excluding hydrogens is 480 g/mol. The molecule has 5 rings (SSSR count). The maximum Gasteiger partial charge on any atom is 0.145 e. The highest BCUT2D eigenvalue weighted by molar-refractivity contribution is 5.89. The van der Waals surface area contributed by atoms with Gasteiger partial charge in [0.05, 0.1) is 12.2 Å². The Hall–Kier alpha value is -0.410. The van der Waals surface area contributed by atoms with Crippen molar-refractivity contribution < 1.29 is 15.0 Å². The van der Waals surface area contributed by atoms with Crippen LogP contribution in [0.15, 0.2) is 0 Å². The molecule has 224 valence electrons. The summed E-state index contributed by atoms with van der Waals surface area (Å²) in [7, 11) is 0. The van der Waals surface area contributed by atoms with Crippen molar-refractivity contribution in [2.75, 3.05) is 0 Å². The van der Waals surface area contributed by atoms with Crippen LogP contribution in [0.4, 0.5) is 0 Å². The second kappa shape index (κ2) is 10.7. The highest BCUT2D eigenvalue weighted by Crippen LogP contribution is 2.73. The molecule has 0 aromatic rings. The van der Waals surface area contributed by atoms with Gasteiger partial charge in [-0.05, 0) is 136 Å². The van der Waals surface area contributed by atoms with Crippen molar-refractivity contribution in [1.82, 2.24) is 0 Å². The lowest BCUT2D eigenvalue weighted by Crippen LogP contribution is -2.67. The SMILES string of the molecule is CC(O)CCC1CCC(C2CCC(C)C3C(C)C4C(C)C5(C)C(=O)C(C(C)O)CCC5(C)CC4(C)CC23)CC1. The molecule has 5 aliphatic rings. The van der Waals surface area contributed by atoms with Crippen LogP contribution in [0.1, 0.15) is 132 Å². The van der Waals surface area contributed by atoms with Crippen LogP contribution in [0, 0.1) is 75.4 Å². The monoisotopic (exact) mass is 542 g/mol. The summed E-state index contributed by atoms with van der Waals surface area (Å²) in [5.41, 5.74) is 0.000296. The number of aliphatic hydroxyl groups is 2. The molecule has 0 bridgehead atoms. The van der Waals surface area contributed by atoms with Gasteiger partial charge in [0.1, 0.15) is 5.78 Å². The van der Waals surface area contributed by atoms with E-state index in [9.17, 15) is 15.0 Å². The van der Waals surface area contributed by atoms with Crippen LogP contribution in [-0.2, 0) is 4.79 Å². The molecule has 0 aliphatic heterocycles. The van der Waals surface area contributed by atoms with E-state index >= 15 is 0 Å². The van der Waals surface area contributed by atoms with Gasteiger partial charge in [-0.1, -0.05) is 60.8 Å². The summed E-state index contributed by atoms with van der Waals surface area (Å²) in [6, 6.07) is 0. The fourth-order valence-corrected chi connectivity index (χ4v) is 12.8. The van der Waals surface area contributed by atoms with E-state index in [0.29, 0.717) is 29.0 Å². The number of aliphatic hydroxyl groups excluding tert-OH is 2. The van der Waals surface area contributed by atoms with Crippen LogP contribution in [0.3, 0.4) is 0 Å². The summed E-state index contributed by atoms with van der Waals surface area (Å²) < 4.78 is 0. The van der Waals surface area contributed by atoms with Crippen LogP contribution >= 0.6 is 0 Å². The van der Waals surface area contributed by atoms with Crippen molar-refractivity contribution in [3.05, 3.63) is 0 Å². The molecule has 0 amide bonds. The van der Waals surface area contributed by atoms with Crippen LogP contribution in [0.2, 0.25) is 0 Å². The van der Waals surface area contributed by atoms with Gasteiger partial charge in [-0.2, -0.15) is 0 Å². The van der Waals surface area contributed by atoms with Gasteiger partial charge in [0, 0.05) is 11.3 Å². The first kappa shape index (κ1) is 30.1. The van der Waals surface area contributed by atoms with Crippen molar-refractivity contribution in [3.8, 4) is 0 Å². The molecular formula is C36H62O3. The van der Waals surface area contributed by atoms with Crippen molar-refractivity contribution in [3.63, 3.8) is 0 Å². The number of carbonyl (C=O) groups excluding carboxylic acids is 1. The van der Waals surface area contributed by atoms with Gasteiger partial charge in [0.25, 0.3) is 0 Å². The number of carbonyl (C=O) groups is 1. The largest absolute Gasteiger partial charge is 0.393 e. The lowest BCUT2D eigenvalue weighted by Gasteiger charge is -2.70. The number of Topliss-reactive ketones (excluding diaryl/α,β-unsaturated/α-hetero) is 1. The van der Waals surface area contributed by atoms with Crippen molar-refractivity contribution in [2.45, 2.75) is 145 Å². The van der Waals surface area contributed by atoms with Crippen molar-refractivity contribution >= 4 is 5.78 Å². The van der Waals surface area contributed by atoms with Crippen molar-refractivity contribution in [1.29, 1.82) is 0 Å². The Morgan fingerprint density at radius 1 is 0.897 bits per heavy atom. The smallest absolute Gasteiger partial charge is 0.145 e. The Bertz CT molecular complexity index is 888. The Labute approximate surface area is 240 Å². The third-order valence-corrected chi connectivity index (χ3v) is 14.8. The molecule has 39 heavy (non-hydrogen) atoms. The average molecular weight is 543 g/mol. The first-order valence-corrected chi connectivity index (χ1v) is 17.1. The number of ketones is 1. The normalized spacial score (nSPS) is 53.7. The lowest BCUT2D eigenvalue weighted by atomic mass is 9.34. The van der Waals surface area contributed by atoms with Gasteiger partial charge in [-0.25, -0.2) is 0 Å². The van der Waals surface area contributed by atoms with E-state index in [1.807, 2.05) is 13.8 Å². The second-order valence-electron chi connectivity index (χ2n) is 16.9. The van der Waals surface area contributed by atoms with Gasteiger partial charge in [-0.15, -0.1) is 0 Å². The Morgan fingerprint density at radius 2 is 1.56 bits per heavy atom. The molecule has 5 aliphatic carbocycles. The van der Waals surface area contributed by atoms with Gasteiger partial charge in [0.15, 0.2) is 0 Å². The number of hydrogen-bond donors (Lipinski definition) is 2. The molecule has 5 fully saturated rings. The van der Waals surface area contributed by atoms with Crippen LogP contribution in [0.5, 0.6) is 0 Å². The summed E-state index contributed by atoms with van der Waals surface area (Å²) in [5, 5.41) is 20.3. The van der Waals surface area contributed by atoms with E-state index in [-0.39, 0.29) is 22.9 Å². The van der Waals surface area contributed by atoms with E-state index in [2.05, 4.69) is 41.5 Å². The fourth-order valence-electron chi connectivity index (χ4n) is 12.8. The predicted molar refractivity (Wildman–Crippen MR) is 160 cm³/mol. The molecule has 3 nitrogen and oxygen atoms in total. The first-order chi connectivity index (χ1) is 18.2. The van der Waals surface area contributed by atoms with Gasteiger partial charge in [0.2, 0.25) is 0 Å². The van der Waals surface area contributed by atoms with Crippen LogP contribution < -0.4 is 0 Å². The van der Waals surface area contributed by atoms with E-state index in [4.69, 9.17) is 0 Å². The predicted octanol–water partition coefficient (Wildman–Crippen LogP) is 8.31. The fraction of sp³-hybridized carbons (Fsp3) is 0.972. The molecule has 0 radical (unpaired) electrons. The molecule has 0 aromatic heterocycles. The quantitative estimate of drug-likeness (QED) is 0.367. The zero-order chi connectivity index (χ0) is 28.5. The highest BCUT2D eigenvalue weighted by atomic mass is 16.3. The molecule has 0 heterocycles. The summed E-state index contributed by atoms with van der Waals surface area (Å²) in [6.07, 6.45) is 14.3. The summed E-state index contributed by atoms with van der Waals surface area (Å²) in [5.74, 6) is 6.82. The minimum absolute atomic E-state index is 0.0321.